The zero-order chi connectivity index (χ0) is 21.1. The number of halogens is 6. The molecule has 2 heterocycles. The highest BCUT2D eigenvalue weighted by Gasteiger charge is 2.27. The Hall–Kier alpha value is 0.110. The standard InChI is InChI=1S/C22H31Cl2N5S.4ClH/c1-2-8-28(16-6-7-18-20(15-16)30-22(25)26-18)12-9-27-10-13-29(14-11-27)19-5-3-4-17(23)21(19)24;;;;/h3-5,16H,2,6-15H2,1H3,(H2,25,26);4*1H/t16-;;;;/m1..../s1. The molecule has 4 rings (SSSR count). The van der Waals surface area contributed by atoms with Crippen molar-refractivity contribution in [1.29, 1.82) is 0 Å². The van der Waals surface area contributed by atoms with E-state index in [1.807, 2.05) is 12.1 Å². The van der Waals surface area contributed by atoms with Crippen LogP contribution in [0, 0.1) is 0 Å². The molecule has 1 atom stereocenters. The Bertz CT molecular complexity index is 862. The largest absolute Gasteiger partial charge is 0.375 e. The van der Waals surface area contributed by atoms with Gasteiger partial charge in [-0.15, -0.1) is 61.0 Å². The van der Waals surface area contributed by atoms with Crippen LogP contribution in [0.3, 0.4) is 0 Å². The maximum atomic E-state index is 6.42. The average Bonchev–Trinajstić information content (AvgIpc) is 3.13. The lowest BCUT2D eigenvalue weighted by Crippen LogP contribution is -2.50. The van der Waals surface area contributed by atoms with E-state index in [9.17, 15) is 0 Å². The number of hydrogen-bond acceptors (Lipinski definition) is 6. The third-order valence-corrected chi connectivity index (χ3v) is 8.06. The van der Waals surface area contributed by atoms with Gasteiger partial charge in [-0.05, 0) is 44.4 Å². The van der Waals surface area contributed by atoms with Crippen molar-refractivity contribution in [1.82, 2.24) is 14.8 Å². The Kier molecular flexibility index (Phi) is 16.1. The van der Waals surface area contributed by atoms with Gasteiger partial charge in [0, 0.05) is 50.2 Å². The van der Waals surface area contributed by atoms with Crippen LogP contribution in [0.1, 0.15) is 30.3 Å². The first-order valence-corrected chi connectivity index (χ1v) is 12.5. The quantitative estimate of drug-likeness (QED) is 0.408. The van der Waals surface area contributed by atoms with E-state index >= 15 is 0 Å². The zero-order valence-corrected chi connectivity index (χ0v) is 24.8. The smallest absolute Gasteiger partial charge is 0.180 e. The second kappa shape index (κ2) is 16.1. The molecule has 1 aromatic carbocycles. The van der Waals surface area contributed by atoms with Crippen molar-refractivity contribution in [3.05, 3.63) is 38.8 Å². The molecule has 1 aromatic heterocycles. The topological polar surface area (TPSA) is 48.6 Å². The summed E-state index contributed by atoms with van der Waals surface area (Å²) in [5.74, 6) is 0. The number of benzene rings is 1. The van der Waals surface area contributed by atoms with Crippen molar-refractivity contribution < 1.29 is 0 Å². The van der Waals surface area contributed by atoms with Gasteiger partial charge in [-0.2, -0.15) is 0 Å². The highest BCUT2D eigenvalue weighted by molar-refractivity contribution is 7.15. The number of aromatic nitrogens is 1. The summed E-state index contributed by atoms with van der Waals surface area (Å²) in [6, 6.07) is 6.51. The summed E-state index contributed by atoms with van der Waals surface area (Å²) >= 11 is 14.3. The van der Waals surface area contributed by atoms with Gasteiger partial charge in [0.05, 0.1) is 21.4 Å². The van der Waals surface area contributed by atoms with Crippen LogP contribution in [0.15, 0.2) is 18.2 Å². The molecule has 0 saturated carbocycles. The van der Waals surface area contributed by atoms with Crippen LogP contribution in [0.5, 0.6) is 0 Å². The number of anilines is 2. The van der Waals surface area contributed by atoms with Crippen LogP contribution in [0.25, 0.3) is 0 Å². The summed E-state index contributed by atoms with van der Waals surface area (Å²) < 4.78 is 0. The molecule has 196 valence electrons. The maximum absolute atomic E-state index is 6.42. The second-order valence-corrected chi connectivity index (χ2v) is 10.2. The van der Waals surface area contributed by atoms with Gasteiger partial charge in [-0.3, -0.25) is 9.80 Å². The Morgan fingerprint density at radius 2 is 1.79 bits per heavy atom. The van der Waals surface area contributed by atoms with Crippen molar-refractivity contribution in [2.24, 2.45) is 0 Å². The van der Waals surface area contributed by atoms with E-state index < -0.39 is 0 Å². The number of thiazole rings is 1. The van der Waals surface area contributed by atoms with Gasteiger partial charge in [0.25, 0.3) is 0 Å². The molecular formula is C22H35Cl6N5S. The Balaban J connectivity index is 0.00000272. The van der Waals surface area contributed by atoms with Gasteiger partial charge in [-0.1, -0.05) is 36.2 Å². The van der Waals surface area contributed by atoms with E-state index in [4.69, 9.17) is 28.9 Å². The lowest BCUT2D eigenvalue weighted by Gasteiger charge is -2.39. The van der Waals surface area contributed by atoms with Crippen LogP contribution in [-0.2, 0) is 12.8 Å². The minimum absolute atomic E-state index is 0. The van der Waals surface area contributed by atoms with E-state index in [0.717, 1.165) is 69.5 Å². The lowest BCUT2D eigenvalue weighted by atomic mass is 9.96. The van der Waals surface area contributed by atoms with Crippen LogP contribution < -0.4 is 10.6 Å². The van der Waals surface area contributed by atoms with Gasteiger partial charge >= 0.3 is 0 Å². The molecule has 0 radical (unpaired) electrons. The molecule has 1 aliphatic heterocycles. The summed E-state index contributed by atoms with van der Waals surface area (Å²) in [5.41, 5.74) is 8.22. The van der Waals surface area contributed by atoms with Crippen molar-refractivity contribution in [2.75, 3.05) is 56.4 Å². The number of piperazine rings is 1. The van der Waals surface area contributed by atoms with Gasteiger partial charge < -0.3 is 10.6 Å². The Labute approximate surface area is 242 Å². The van der Waals surface area contributed by atoms with Crippen LogP contribution in [0.4, 0.5) is 10.8 Å². The third-order valence-electron chi connectivity index (χ3n) is 6.31. The summed E-state index contributed by atoms with van der Waals surface area (Å²) in [7, 11) is 0. The first-order chi connectivity index (χ1) is 14.5. The summed E-state index contributed by atoms with van der Waals surface area (Å²) in [5, 5.41) is 2.02. The minimum Gasteiger partial charge on any atom is -0.375 e. The van der Waals surface area contributed by atoms with E-state index in [0.29, 0.717) is 16.1 Å². The first kappa shape index (κ1) is 34.1. The molecule has 0 amide bonds. The fraction of sp³-hybridized carbons (Fsp3) is 0.591. The first-order valence-electron chi connectivity index (χ1n) is 10.9. The number of nitrogens with two attached hydrogens (primary N) is 1. The predicted octanol–water partition coefficient (Wildman–Crippen LogP) is 6.11. The fourth-order valence-electron chi connectivity index (χ4n) is 4.67. The molecule has 0 unspecified atom stereocenters. The van der Waals surface area contributed by atoms with Crippen LogP contribution in [-0.4, -0.2) is 66.6 Å². The Morgan fingerprint density at radius 3 is 2.47 bits per heavy atom. The number of nitrogen functional groups attached to an aromatic ring is 1. The van der Waals surface area contributed by atoms with Gasteiger partial charge in [0.2, 0.25) is 0 Å². The number of fused-ring (bicyclic) bond motifs is 1. The normalized spacial score (nSPS) is 17.6. The maximum Gasteiger partial charge on any atom is 0.180 e. The van der Waals surface area contributed by atoms with Gasteiger partial charge in [0.1, 0.15) is 0 Å². The average molecular weight is 614 g/mol. The monoisotopic (exact) mass is 611 g/mol. The molecule has 34 heavy (non-hydrogen) atoms. The molecule has 2 N–H and O–H groups in total. The molecule has 1 aliphatic carbocycles. The van der Waals surface area contributed by atoms with E-state index in [2.05, 4.69) is 32.7 Å². The number of aryl methyl sites for hydroxylation is 1. The van der Waals surface area contributed by atoms with Crippen LogP contribution >= 0.6 is 84.2 Å². The van der Waals surface area contributed by atoms with E-state index in [1.54, 1.807) is 11.3 Å². The van der Waals surface area contributed by atoms with Gasteiger partial charge in [0.15, 0.2) is 5.13 Å². The summed E-state index contributed by atoms with van der Waals surface area (Å²) in [6.45, 7) is 9.77. The lowest BCUT2D eigenvalue weighted by molar-refractivity contribution is 0.146. The molecule has 1 fully saturated rings. The van der Waals surface area contributed by atoms with Crippen molar-refractivity contribution in [3.63, 3.8) is 0 Å². The minimum atomic E-state index is 0. The highest BCUT2D eigenvalue weighted by atomic mass is 35.5. The molecule has 1 saturated heterocycles. The summed E-state index contributed by atoms with van der Waals surface area (Å²) in [6.07, 6.45) is 4.55. The molecule has 2 aliphatic rings. The predicted molar refractivity (Wildman–Crippen MR) is 158 cm³/mol. The molecule has 5 nitrogen and oxygen atoms in total. The fourth-order valence-corrected chi connectivity index (χ4v) is 6.04. The molecular weight excluding hydrogens is 579 g/mol. The van der Waals surface area contributed by atoms with E-state index in [-0.39, 0.29) is 49.6 Å². The molecule has 0 spiro atoms. The SMILES string of the molecule is CCCN(CCN1CCN(c2cccc(Cl)c2Cl)CC1)[C@@H]1CCc2nc(N)sc2C1.Cl.Cl.Cl.Cl. The Morgan fingerprint density at radius 1 is 1.09 bits per heavy atom. The summed E-state index contributed by atoms with van der Waals surface area (Å²) in [4.78, 5) is 13.5. The number of hydrogen-bond donors (Lipinski definition) is 1. The van der Waals surface area contributed by atoms with Crippen LogP contribution in [0.2, 0.25) is 10.0 Å². The molecule has 0 bridgehead atoms. The highest BCUT2D eigenvalue weighted by Crippen LogP contribution is 2.33. The second-order valence-electron chi connectivity index (χ2n) is 8.26. The third kappa shape index (κ3) is 8.32. The molecule has 12 heteroatoms. The van der Waals surface area contributed by atoms with E-state index in [1.165, 1.54) is 23.4 Å². The molecule has 2 aromatic rings. The zero-order valence-electron chi connectivity index (χ0n) is 19.3. The van der Waals surface area contributed by atoms with Crippen molar-refractivity contribution in [2.45, 2.75) is 38.6 Å². The number of nitrogens with zero attached hydrogens (tertiary/aromatic N) is 4. The van der Waals surface area contributed by atoms with Crippen molar-refractivity contribution >= 4 is 95.0 Å². The van der Waals surface area contributed by atoms with Gasteiger partial charge in [-0.25, -0.2) is 4.98 Å². The number of rotatable bonds is 7. The van der Waals surface area contributed by atoms with Crippen molar-refractivity contribution in [3.8, 4) is 0 Å².